The predicted molar refractivity (Wildman–Crippen MR) is 111 cm³/mol. The van der Waals surface area contributed by atoms with Crippen molar-refractivity contribution in [3.05, 3.63) is 0 Å². The SMILES string of the molecule is CCCC1(CCC)NC(=O)N(CC(=O)NC(C)C23CC4CC(CC(C4)C2)C3)C1=O. The molecule has 0 spiro atoms. The molecule has 1 saturated heterocycles. The van der Waals surface area contributed by atoms with E-state index in [2.05, 4.69) is 17.6 Å². The van der Waals surface area contributed by atoms with Crippen molar-refractivity contribution in [1.29, 1.82) is 0 Å². The number of nitrogens with zero attached hydrogens (tertiary/aromatic N) is 1. The molecule has 2 N–H and O–H groups in total. The zero-order chi connectivity index (χ0) is 20.8. The van der Waals surface area contributed by atoms with E-state index in [1.807, 2.05) is 13.8 Å². The molecule has 29 heavy (non-hydrogen) atoms. The Hall–Kier alpha value is -1.59. The van der Waals surface area contributed by atoms with Gasteiger partial charge in [-0.2, -0.15) is 0 Å². The van der Waals surface area contributed by atoms with Gasteiger partial charge < -0.3 is 10.6 Å². The summed E-state index contributed by atoms with van der Waals surface area (Å²) in [5, 5.41) is 6.08. The number of imide groups is 1. The van der Waals surface area contributed by atoms with E-state index in [-0.39, 0.29) is 29.8 Å². The molecule has 4 amide bonds. The number of urea groups is 1. The molecular formula is C23H37N3O3. The normalized spacial score (nSPS) is 35.7. The molecule has 162 valence electrons. The molecule has 0 radical (unpaired) electrons. The third-order valence-electron chi connectivity index (χ3n) is 8.28. The summed E-state index contributed by atoms with van der Waals surface area (Å²) in [7, 11) is 0. The first-order chi connectivity index (χ1) is 13.8. The summed E-state index contributed by atoms with van der Waals surface area (Å²) in [5.41, 5.74) is -0.609. The topological polar surface area (TPSA) is 78.5 Å². The fourth-order valence-corrected chi connectivity index (χ4v) is 7.43. The molecule has 0 aromatic rings. The first-order valence-corrected chi connectivity index (χ1v) is 11.7. The van der Waals surface area contributed by atoms with Crippen LogP contribution in [0, 0.1) is 23.2 Å². The van der Waals surface area contributed by atoms with Gasteiger partial charge >= 0.3 is 6.03 Å². The second kappa shape index (κ2) is 7.59. The number of hydrogen-bond acceptors (Lipinski definition) is 3. The third kappa shape index (κ3) is 3.57. The van der Waals surface area contributed by atoms with Gasteiger partial charge in [0.2, 0.25) is 5.91 Å². The number of amides is 4. The Morgan fingerprint density at radius 1 is 1.07 bits per heavy atom. The predicted octanol–water partition coefficient (Wildman–Crippen LogP) is 3.60. The van der Waals surface area contributed by atoms with Crippen molar-refractivity contribution in [2.24, 2.45) is 23.2 Å². The van der Waals surface area contributed by atoms with Crippen molar-refractivity contribution in [3.63, 3.8) is 0 Å². The number of hydrogen-bond donors (Lipinski definition) is 2. The van der Waals surface area contributed by atoms with Crippen LogP contribution >= 0.6 is 0 Å². The number of rotatable bonds is 8. The van der Waals surface area contributed by atoms with Crippen molar-refractivity contribution in [2.45, 2.75) is 96.6 Å². The molecule has 6 heteroatoms. The Morgan fingerprint density at radius 3 is 2.07 bits per heavy atom. The Kier molecular flexibility index (Phi) is 5.41. The summed E-state index contributed by atoms with van der Waals surface area (Å²) in [6.45, 7) is 5.99. The van der Waals surface area contributed by atoms with Crippen molar-refractivity contribution in [1.82, 2.24) is 15.5 Å². The molecule has 0 aromatic heterocycles. The van der Waals surface area contributed by atoms with Crippen LogP contribution in [0.1, 0.15) is 85.0 Å². The molecule has 5 rings (SSSR count). The first kappa shape index (κ1) is 20.7. The van der Waals surface area contributed by atoms with Crippen LogP contribution in [0.2, 0.25) is 0 Å². The summed E-state index contributed by atoms with van der Waals surface area (Å²) in [6, 6.07) is -0.324. The molecule has 5 fully saturated rings. The first-order valence-electron chi connectivity index (χ1n) is 11.7. The Balaban J connectivity index is 1.39. The van der Waals surface area contributed by atoms with Crippen LogP contribution in [-0.2, 0) is 9.59 Å². The average Bonchev–Trinajstić information content (AvgIpc) is 2.85. The van der Waals surface area contributed by atoms with Crippen LogP contribution < -0.4 is 10.6 Å². The van der Waals surface area contributed by atoms with Gasteiger partial charge in [0, 0.05) is 6.04 Å². The van der Waals surface area contributed by atoms with E-state index in [0.29, 0.717) is 12.8 Å². The van der Waals surface area contributed by atoms with E-state index in [9.17, 15) is 14.4 Å². The molecule has 4 saturated carbocycles. The largest absolute Gasteiger partial charge is 0.352 e. The van der Waals surface area contributed by atoms with Gasteiger partial charge in [-0.15, -0.1) is 0 Å². The zero-order valence-corrected chi connectivity index (χ0v) is 18.3. The minimum Gasteiger partial charge on any atom is -0.352 e. The van der Waals surface area contributed by atoms with E-state index in [4.69, 9.17) is 0 Å². The summed E-state index contributed by atoms with van der Waals surface area (Å²) in [4.78, 5) is 39.5. The molecule has 1 unspecified atom stereocenters. The molecule has 6 nitrogen and oxygen atoms in total. The second-order valence-corrected chi connectivity index (χ2v) is 10.5. The highest BCUT2D eigenvalue weighted by atomic mass is 16.2. The van der Waals surface area contributed by atoms with Crippen molar-refractivity contribution >= 4 is 17.8 Å². The van der Waals surface area contributed by atoms with Crippen LogP contribution in [0.15, 0.2) is 0 Å². The molecule has 0 aromatic carbocycles. The number of carbonyl (C=O) groups excluding carboxylic acids is 3. The minimum atomic E-state index is -0.827. The summed E-state index contributed by atoms with van der Waals surface area (Å²) < 4.78 is 0. The molecule has 1 atom stereocenters. The molecule has 5 aliphatic rings. The highest BCUT2D eigenvalue weighted by molar-refractivity contribution is 6.09. The van der Waals surface area contributed by atoms with Gasteiger partial charge in [0.25, 0.3) is 5.91 Å². The van der Waals surface area contributed by atoms with E-state index >= 15 is 0 Å². The lowest BCUT2D eigenvalue weighted by atomic mass is 9.48. The Bertz CT molecular complexity index is 648. The fourth-order valence-electron chi connectivity index (χ4n) is 7.43. The van der Waals surface area contributed by atoms with Crippen LogP contribution in [0.5, 0.6) is 0 Å². The van der Waals surface area contributed by atoms with E-state index in [1.165, 1.54) is 38.5 Å². The summed E-state index contributed by atoms with van der Waals surface area (Å²) in [5.74, 6) is 2.05. The van der Waals surface area contributed by atoms with Crippen molar-refractivity contribution in [2.75, 3.05) is 6.54 Å². The molecule has 4 aliphatic carbocycles. The zero-order valence-electron chi connectivity index (χ0n) is 18.3. The van der Waals surface area contributed by atoms with Crippen molar-refractivity contribution < 1.29 is 14.4 Å². The van der Waals surface area contributed by atoms with Crippen molar-refractivity contribution in [3.8, 4) is 0 Å². The monoisotopic (exact) mass is 403 g/mol. The molecular weight excluding hydrogens is 366 g/mol. The maximum absolute atomic E-state index is 13.0. The van der Waals surface area contributed by atoms with E-state index < -0.39 is 11.6 Å². The Labute approximate surface area is 174 Å². The maximum Gasteiger partial charge on any atom is 0.325 e. The van der Waals surface area contributed by atoms with Crippen LogP contribution in [-0.4, -0.2) is 40.9 Å². The van der Waals surface area contributed by atoms with Gasteiger partial charge in [0.1, 0.15) is 12.1 Å². The second-order valence-electron chi connectivity index (χ2n) is 10.5. The number of nitrogens with one attached hydrogen (secondary N) is 2. The lowest BCUT2D eigenvalue weighted by molar-refractivity contribution is -0.136. The van der Waals surface area contributed by atoms with Gasteiger partial charge in [-0.1, -0.05) is 26.7 Å². The standard InChI is InChI=1S/C23H37N3O3/c1-4-6-23(7-5-2)20(28)26(21(29)25-23)14-19(27)24-15(3)22-11-16-8-17(12-22)10-18(9-16)13-22/h15-18H,4-14H2,1-3H3,(H,24,27)(H,25,29). The fraction of sp³-hybridized carbons (Fsp3) is 0.870. The quantitative estimate of drug-likeness (QED) is 0.608. The average molecular weight is 404 g/mol. The van der Waals surface area contributed by atoms with Crippen LogP contribution in [0.3, 0.4) is 0 Å². The van der Waals surface area contributed by atoms with E-state index in [0.717, 1.165) is 35.5 Å². The van der Waals surface area contributed by atoms with Crippen LogP contribution in [0.4, 0.5) is 4.79 Å². The molecule has 1 heterocycles. The maximum atomic E-state index is 13.0. The van der Waals surface area contributed by atoms with Gasteiger partial charge in [-0.3, -0.25) is 14.5 Å². The molecule has 4 bridgehead atoms. The minimum absolute atomic E-state index is 0.0974. The highest BCUT2D eigenvalue weighted by Crippen LogP contribution is 2.61. The number of carbonyl (C=O) groups is 3. The Morgan fingerprint density at radius 2 is 1.59 bits per heavy atom. The summed E-state index contributed by atoms with van der Waals surface area (Å²) in [6.07, 6.45) is 10.7. The van der Waals surface area contributed by atoms with Gasteiger partial charge in [-0.25, -0.2) is 4.79 Å². The van der Waals surface area contributed by atoms with Gasteiger partial charge in [0.05, 0.1) is 0 Å². The molecule has 1 aliphatic heterocycles. The third-order valence-corrected chi connectivity index (χ3v) is 8.28. The van der Waals surface area contributed by atoms with E-state index in [1.54, 1.807) is 0 Å². The van der Waals surface area contributed by atoms with Gasteiger partial charge in [-0.05, 0) is 81.5 Å². The highest BCUT2D eigenvalue weighted by Gasteiger charge is 2.54. The van der Waals surface area contributed by atoms with Crippen LogP contribution in [0.25, 0.3) is 0 Å². The lowest BCUT2D eigenvalue weighted by Crippen LogP contribution is -2.57. The smallest absolute Gasteiger partial charge is 0.325 e. The summed E-state index contributed by atoms with van der Waals surface area (Å²) >= 11 is 0. The van der Waals surface area contributed by atoms with Gasteiger partial charge in [0.15, 0.2) is 0 Å². The lowest BCUT2D eigenvalue weighted by Gasteiger charge is -2.59.